The molecule has 104 valence electrons. The van der Waals surface area contributed by atoms with Gasteiger partial charge in [-0.05, 0) is 39.5 Å². The maximum absolute atomic E-state index is 11.8. The summed E-state index contributed by atoms with van der Waals surface area (Å²) in [7, 11) is 0. The summed E-state index contributed by atoms with van der Waals surface area (Å²) in [5.74, 6) is -0.000248. The minimum Gasteiger partial charge on any atom is -0.460 e. The fourth-order valence-corrected chi connectivity index (χ4v) is 2.73. The van der Waals surface area contributed by atoms with Gasteiger partial charge in [-0.3, -0.25) is 4.79 Å². The summed E-state index contributed by atoms with van der Waals surface area (Å²) in [6, 6.07) is 0. The molecule has 0 aromatic heterocycles. The van der Waals surface area contributed by atoms with E-state index in [1.165, 1.54) is 0 Å². The number of carbonyl (C=O) groups is 1. The van der Waals surface area contributed by atoms with Gasteiger partial charge in [0.15, 0.2) is 5.79 Å². The zero-order valence-electron chi connectivity index (χ0n) is 11.7. The van der Waals surface area contributed by atoms with Crippen LogP contribution in [0.3, 0.4) is 0 Å². The molecule has 0 bridgehead atoms. The minimum atomic E-state index is -0.384. The van der Waals surface area contributed by atoms with Gasteiger partial charge in [-0.1, -0.05) is 0 Å². The van der Waals surface area contributed by atoms with Crippen LogP contribution in [0.5, 0.6) is 0 Å². The molecule has 0 aromatic rings. The SMILES string of the molecule is CC(C)(C)OC(=O)CC1CCC2(CC1)OCCO2. The molecule has 2 aliphatic rings. The first-order chi connectivity index (χ1) is 8.39. The molecule has 0 N–H and O–H groups in total. The summed E-state index contributed by atoms with van der Waals surface area (Å²) in [6.07, 6.45) is 4.30. The maximum atomic E-state index is 11.8. The lowest BCUT2D eigenvalue weighted by Gasteiger charge is -2.35. The van der Waals surface area contributed by atoms with Crippen molar-refractivity contribution in [1.82, 2.24) is 0 Å². The molecule has 1 saturated heterocycles. The van der Waals surface area contributed by atoms with Crippen LogP contribution in [0.2, 0.25) is 0 Å². The van der Waals surface area contributed by atoms with Crippen molar-refractivity contribution in [2.45, 2.75) is 64.3 Å². The molecule has 0 unspecified atom stereocenters. The van der Waals surface area contributed by atoms with Crippen LogP contribution in [0, 0.1) is 5.92 Å². The lowest BCUT2D eigenvalue weighted by atomic mass is 9.83. The van der Waals surface area contributed by atoms with E-state index in [9.17, 15) is 4.79 Å². The van der Waals surface area contributed by atoms with E-state index in [0.717, 1.165) is 25.7 Å². The summed E-state index contributed by atoms with van der Waals surface area (Å²) in [5, 5.41) is 0. The van der Waals surface area contributed by atoms with E-state index >= 15 is 0 Å². The van der Waals surface area contributed by atoms with Crippen LogP contribution in [-0.4, -0.2) is 30.6 Å². The van der Waals surface area contributed by atoms with Crippen molar-refractivity contribution in [2.75, 3.05) is 13.2 Å². The van der Waals surface area contributed by atoms with Crippen molar-refractivity contribution < 1.29 is 19.0 Å². The summed E-state index contributed by atoms with van der Waals surface area (Å²) in [6.45, 7) is 7.12. The molecule has 0 atom stereocenters. The van der Waals surface area contributed by atoms with Crippen molar-refractivity contribution in [1.29, 1.82) is 0 Å². The van der Waals surface area contributed by atoms with Crippen LogP contribution in [-0.2, 0) is 19.0 Å². The predicted octanol–water partition coefficient (Wildman–Crippen LogP) is 2.65. The number of ether oxygens (including phenoxy) is 3. The van der Waals surface area contributed by atoms with Crippen LogP contribution in [0.15, 0.2) is 0 Å². The Bertz CT molecular complexity index is 289. The zero-order valence-corrected chi connectivity index (χ0v) is 11.7. The van der Waals surface area contributed by atoms with Crippen molar-refractivity contribution in [3.05, 3.63) is 0 Å². The van der Waals surface area contributed by atoms with E-state index in [1.807, 2.05) is 20.8 Å². The van der Waals surface area contributed by atoms with Crippen LogP contribution in [0.25, 0.3) is 0 Å². The lowest BCUT2D eigenvalue weighted by molar-refractivity contribution is -0.185. The molecule has 0 aromatic carbocycles. The van der Waals surface area contributed by atoms with E-state index < -0.39 is 0 Å². The molecule has 1 saturated carbocycles. The molecule has 4 heteroatoms. The first kappa shape index (κ1) is 13.8. The molecule has 18 heavy (non-hydrogen) atoms. The highest BCUT2D eigenvalue weighted by molar-refractivity contribution is 5.70. The Kier molecular flexibility index (Phi) is 3.97. The van der Waals surface area contributed by atoms with Gasteiger partial charge in [0.1, 0.15) is 5.60 Å². The number of rotatable bonds is 2. The molecule has 1 aliphatic heterocycles. The first-order valence-electron chi connectivity index (χ1n) is 6.88. The Morgan fingerprint density at radius 2 is 1.78 bits per heavy atom. The third kappa shape index (κ3) is 3.69. The largest absolute Gasteiger partial charge is 0.460 e. The van der Waals surface area contributed by atoms with Crippen LogP contribution in [0.4, 0.5) is 0 Å². The highest BCUT2D eigenvalue weighted by Gasteiger charge is 2.40. The third-order valence-corrected chi connectivity index (χ3v) is 3.56. The van der Waals surface area contributed by atoms with Gasteiger partial charge in [-0.25, -0.2) is 0 Å². The quantitative estimate of drug-likeness (QED) is 0.712. The van der Waals surface area contributed by atoms with E-state index in [1.54, 1.807) is 0 Å². The average molecular weight is 256 g/mol. The molecule has 1 aliphatic carbocycles. The highest BCUT2D eigenvalue weighted by Crippen LogP contribution is 2.39. The zero-order chi connectivity index (χ0) is 13.2. The summed E-state index contributed by atoms with van der Waals surface area (Å²) in [4.78, 5) is 11.8. The maximum Gasteiger partial charge on any atom is 0.306 e. The molecular formula is C14H24O4. The van der Waals surface area contributed by atoms with Gasteiger partial charge in [0.25, 0.3) is 0 Å². The second-order valence-corrected chi connectivity index (χ2v) is 6.34. The molecular weight excluding hydrogens is 232 g/mol. The summed E-state index contributed by atoms with van der Waals surface area (Å²) >= 11 is 0. The van der Waals surface area contributed by atoms with Crippen molar-refractivity contribution in [2.24, 2.45) is 5.92 Å². The molecule has 4 nitrogen and oxygen atoms in total. The van der Waals surface area contributed by atoms with Crippen molar-refractivity contribution in [3.8, 4) is 0 Å². The van der Waals surface area contributed by atoms with Gasteiger partial charge in [0, 0.05) is 19.3 Å². The Morgan fingerprint density at radius 1 is 1.22 bits per heavy atom. The van der Waals surface area contributed by atoms with E-state index in [2.05, 4.69) is 0 Å². The van der Waals surface area contributed by atoms with E-state index in [4.69, 9.17) is 14.2 Å². The standard InChI is InChI=1S/C14H24O4/c1-13(2,3)18-12(15)10-11-4-6-14(7-5-11)16-8-9-17-14/h11H,4-10H2,1-3H3. The predicted molar refractivity (Wildman–Crippen MR) is 67.1 cm³/mol. The van der Waals surface area contributed by atoms with Crippen LogP contribution < -0.4 is 0 Å². The Balaban J connectivity index is 1.75. The van der Waals surface area contributed by atoms with Gasteiger partial charge < -0.3 is 14.2 Å². The van der Waals surface area contributed by atoms with Crippen molar-refractivity contribution >= 4 is 5.97 Å². The fraction of sp³-hybridized carbons (Fsp3) is 0.929. The second kappa shape index (κ2) is 5.17. The molecule has 0 radical (unpaired) electrons. The van der Waals surface area contributed by atoms with E-state index in [0.29, 0.717) is 25.6 Å². The first-order valence-corrected chi connectivity index (χ1v) is 6.88. The van der Waals surface area contributed by atoms with Crippen LogP contribution >= 0.6 is 0 Å². The Hall–Kier alpha value is -0.610. The molecule has 1 heterocycles. The lowest BCUT2D eigenvalue weighted by Crippen LogP contribution is -2.36. The van der Waals surface area contributed by atoms with Crippen molar-refractivity contribution in [3.63, 3.8) is 0 Å². The minimum absolute atomic E-state index is 0.0864. The number of hydrogen-bond acceptors (Lipinski definition) is 4. The van der Waals surface area contributed by atoms with Gasteiger partial charge in [0.2, 0.25) is 0 Å². The normalized spacial score (nSPS) is 24.4. The topological polar surface area (TPSA) is 44.8 Å². The van der Waals surface area contributed by atoms with Gasteiger partial charge >= 0.3 is 5.97 Å². The average Bonchev–Trinajstić information content (AvgIpc) is 2.68. The molecule has 2 rings (SSSR count). The number of carbonyl (C=O) groups excluding carboxylic acids is 1. The molecule has 1 spiro atoms. The molecule has 0 amide bonds. The Morgan fingerprint density at radius 3 is 2.28 bits per heavy atom. The molecule has 2 fully saturated rings. The summed E-state index contributed by atoms with van der Waals surface area (Å²) in [5.41, 5.74) is -0.384. The Labute approximate surface area is 109 Å². The van der Waals surface area contributed by atoms with Gasteiger partial charge in [-0.15, -0.1) is 0 Å². The summed E-state index contributed by atoms with van der Waals surface area (Å²) < 4.78 is 16.7. The number of hydrogen-bond donors (Lipinski definition) is 0. The van der Waals surface area contributed by atoms with Gasteiger partial charge in [0.05, 0.1) is 13.2 Å². The monoisotopic (exact) mass is 256 g/mol. The third-order valence-electron chi connectivity index (χ3n) is 3.56. The highest BCUT2D eigenvalue weighted by atomic mass is 16.7. The smallest absolute Gasteiger partial charge is 0.306 e. The second-order valence-electron chi connectivity index (χ2n) is 6.34. The van der Waals surface area contributed by atoms with Gasteiger partial charge in [-0.2, -0.15) is 0 Å². The number of esters is 1. The fourth-order valence-electron chi connectivity index (χ4n) is 2.73. The van der Waals surface area contributed by atoms with E-state index in [-0.39, 0.29) is 17.4 Å². The van der Waals surface area contributed by atoms with Crippen LogP contribution in [0.1, 0.15) is 52.9 Å².